The van der Waals surface area contributed by atoms with Crippen molar-refractivity contribution in [3.05, 3.63) is 76.6 Å². The van der Waals surface area contributed by atoms with Gasteiger partial charge in [0.2, 0.25) is 5.91 Å². The molecule has 1 saturated heterocycles. The standard InChI is InChI=1S/C31H38N6O/c1-20-10-7-8-11-23(20)18-32-30(38)24-12-9-17-36(19-24)29-28-27(21(2)33-34-29)22(3)37(35-28)26-15-13-25(14-16-26)31(4,5)6/h7-8,10-11,13-16,24H,9,12,17-19H2,1-6H3,(H,32,38). The number of anilines is 1. The fourth-order valence-corrected chi connectivity index (χ4v) is 5.40. The van der Waals surface area contributed by atoms with Gasteiger partial charge in [-0.05, 0) is 67.9 Å². The zero-order valence-electron chi connectivity index (χ0n) is 23.4. The average molecular weight is 511 g/mol. The molecular weight excluding hydrogens is 472 g/mol. The molecule has 38 heavy (non-hydrogen) atoms. The van der Waals surface area contributed by atoms with E-state index in [1.165, 1.54) is 11.1 Å². The lowest BCUT2D eigenvalue weighted by molar-refractivity contribution is -0.125. The smallest absolute Gasteiger partial charge is 0.225 e. The van der Waals surface area contributed by atoms with Gasteiger partial charge in [0.1, 0.15) is 5.52 Å². The fraction of sp³-hybridized carbons (Fsp3) is 0.419. The summed E-state index contributed by atoms with van der Waals surface area (Å²) in [5.41, 5.74) is 7.49. The highest BCUT2D eigenvalue weighted by atomic mass is 16.1. The molecule has 1 unspecified atom stereocenters. The summed E-state index contributed by atoms with van der Waals surface area (Å²) in [6.45, 7) is 14.8. The molecule has 5 rings (SSSR count). The quantitative estimate of drug-likeness (QED) is 0.380. The summed E-state index contributed by atoms with van der Waals surface area (Å²) in [6.07, 6.45) is 1.79. The fourth-order valence-electron chi connectivity index (χ4n) is 5.40. The summed E-state index contributed by atoms with van der Waals surface area (Å²) in [5.74, 6) is 0.754. The van der Waals surface area contributed by atoms with Crippen LogP contribution in [0.1, 0.15) is 61.7 Å². The van der Waals surface area contributed by atoms with Gasteiger partial charge in [-0.3, -0.25) is 4.79 Å². The predicted molar refractivity (Wildman–Crippen MR) is 153 cm³/mol. The first-order chi connectivity index (χ1) is 18.1. The van der Waals surface area contributed by atoms with Crippen molar-refractivity contribution < 1.29 is 4.79 Å². The maximum atomic E-state index is 13.1. The largest absolute Gasteiger partial charge is 0.352 e. The molecule has 0 bridgehead atoms. The molecule has 1 aliphatic heterocycles. The van der Waals surface area contributed by atoms with Gasteiger partial charge >= 0.3 is 0 Å². The SMILES string of the molecule is Cc1ccccc1CNC(=O)C1CCCN(c2nnc(C)c3c(C)n(-c4ccc(C(C)(C)C)cc4)nc23)C1. The molecule has 1 fully saturated rings. The van der Waals surface area contributed by atoms with Crippen LogP contribution in [0.15, 0.2) is 48.5 Å². The van der Waals surface area contributed by atoms with Crippen molar-refractivity contribution >= 4 is 22.6 Å². The normalized spacial score (nSPS) is 16.2. The first-order valence-corrected chi connectivity index (χ1v) is 13.5. The number of aromatic nitrogens is 4. The van der Waals surface area contributed by atoms with Gasteiger partial charge in [-0.2, -0.15) is 10.2 Å². The minimum absolute atomic E-state index is 0.0925. The van der Waals surface area contributed by atoms with Crippen molar-refractivity contribution in [2.75, 3.05) is 18.0 Å². The number of nitrogens with zero attached hydrogens (tertiary/aromatic N) is 5. The molecule has 7 nitrogen and oxygen atoms in total. The number of benzene rings is 2. The minimum Gasteiger partial charge on any atom is -0.352 e. The highest BCUT2D eigenvalue weighted by Gasteiger charge is 2.29. The molecule has 7 heteroatoms. The van der Waals surface area contributed by atoms with Crippen LogP contribution in [0.2, 0.25) is 0 Å². The van der Waals surface area contributed by atoms with Crippen LogP contribution < -0.4 is 10.2 Å². The van der Waals surface area contributed by atoms with Crippen molar-refractivity contribution in [2.24, 2.45) is 5.92 Å². The number of piperidine rings is 1. The van der Waals surface area contributed by atoms with Crippen LogP contribution in [0.3, 0.4) is 0 Å². The second-order valence-electron chi connectivity index (χ2n) is 11.6. The van der Waals surface area contributed by atoms with Crippen molar-refractivity contribution in [1.29, 1.82) is 0 Å². The number of nitrogens with one attached hydrogen (secondary N) is 1. The van der Waals surface area contributed by atoms with Gasteiger partial charge in [0, 0.05) is 19.6 Å². The van der Waals surface area contributed by atoms with E-state index in [0.29, 0.717) is 13.1 Å². The van der Waals surface area contributed by atoms with Gasteiger partial charge in [-0.15, -0.1) is 5.10 Å². The Balaban J connectivity index is 1.40. The van der Waals surface area contributed by atoms with E-state index in [-0.39, 0.29) is 17.2 Å². The Morgan fingerprint density at radius 3 is 2.47 bits per heavy atom. The zero-order valence-corrected chi connectivity index (χ0v) is 23.4. The third kappa shape index (κ3) is 5.02. The first kappa shape index (κ1) is 25.9. The summed E-state index contributed by atoms with van der Waals surface area (Å²) < 4.78 is 1.99. The monoisotopic (exact) mass is 510 g/mol. The lowest BCUT2D eigenvalue weighted by atomic mass is 9.87. The van der Waals surface area contributed by atoms with Crippen LogP contribution in [0, 0.1) is 26.7 Å². The molecule has 1 amide bonds. The lowest BCUT2D eigenvalue weighted by Gasteiger charge is -2.32. The Morgan fingerprint density at radius 2 is 1.76 bits per heavy atom. The van der Waals surface area contributed by atoms with E-state index in [9.17, 15) is 4.79 Å². The molecule has 198 valence electrons. The maximum Gasteiger partial charge on any atom is 0.225 e. The molecule has 2 aromatic carbocycles. The summed E-state index contributed by atoms with van der Waals surface area (Å²) >= 11 is 0. The zero-order chi connectivity index (χ0) is 27.0. The van der Waals surface area contributed by atoms with E-state index >= 15 is 0 Å². The molecule has 0 spiro atoms. The van der Waals surface area contributed by atoms with Crippen LogP contribution in [-0.4, -0.2) is 39.0 Å². The van der Waals surface area contributed by atoms with Gasteiger partial charge in [0.25, 0.3) is 0 Å². The number of carbonyl (C=O) groups excluding carboxylic acids is 1. The lowest BCUT2D eigenvalue weighted by Crippen LogP contribution is -2.43. The van der Waals surface area contributed by atoms with Gasteiger partial charge in [0.15, 0.2) is 5.82 Å². The van der Waals surface area contributed by atoms with Crippen LogP contribution >= 0.6 is 0 Å². The molecule has 0 radical (unpaired) electrons. The molecule has 3 heterocycles. The number of hydrogen-bond donors (Lipinski definition) is 1. The van der Waals surface area contributed by atoms with Gasteiger partial charge in [0.05, 0.1) is 28.4 Å². The van der Waals surface area contributed by atoms with Crippen LogP contribution in [-0.2, 0) is 16.8 Å². The average Bonchev–Trinajstić information content (AvgIpc) is 3.25. The van der Waals surface area contributed by atoms with Crippen LogP contribution in [0.25, 0.3) is 16.6 Å². The Labute approximate surface area is 225 Å². The van der Waals surface area contributed by atoms with Crippen molar-refractivity contribution in [2.45, 2.75) is 66.3 Å². The Morgan fingerprint density at radius 1 is 1.03 bits per heavy atom. The number of aryl methyl sites for hydroxylation is 3. The highest BCUT2D eigenvalue weighted by Crippen LogP contribution is 2.32. The van der Waals surface area contributed by atoms with E-state index in [0.717, 1.165) is 58.7 Å². The topological polar surface area (TPSA) is 75.9 Å². The molecule has 4 aromatic rings. The Bertz CT molecular complexity index is 1460. The first-order valence-electron chi connectivity index (χ1n) is 13.5. The Kier molecular flexibility index (Phi) is 6.95. The van der Waals surface area contributed by atoms with E-state index in [4.69, 9.17) is 5.10 Å². The van der Waals surface area contributed by atoms with Gasteiger partial charge in [-0.25, -0.2) is 4.68 Å². The van der Waals surface area contributed by atoms with E-state index in [1.54, 1.807) is 0 Å². The second kappa shape index (κ2) is 10.2. The van der Waals surface area contributed by atoms with Crippen molar-refractivity contribution in [1.82, 2.24) is 25.3 Å². The number of amides is 1. The number of fused-ring (bicyclic) bond motifs is 1. The van der Waals surface area contributed by atoms with Gasteiger partial charge < -0.3 is 10.2 Å². The molecule has 1 aliphatic rings. The minimum atomic E-state index is -0.0981. The maximum absolute atomic E-state index is 13.1. The molecule has 0 saturated carbocycles. The number of hydrogen-bond acceptors (Lipinski definition) is 5. The van der Waals surface area contributed by atoms with E-state index < -0.39 is 0 Å². The molecule has 1 atom stereocenters. The van der Waals surface area contributed by atoms with Crippen LogP contribution in [0.4, 0.5) is 5.82 Å². The van der Waals surface area contributed by atoms with E-state index in [2.05, 4.69) is 91.4 Å². The molecular formula is C31H38N6O. The predicted octanol–water partition coefficient (Wildman–Crippen LogP) is 5.57. The van der Waals surface area contributed by atoms with Crippen LogP contribution in [0.5, 0.6) is 0 Å². The summed E-state index contributed by atoms with van der Waals surface area (Å²) in [5, 5.41) is 18.3. The van der Waals surface area contributed by atoms with Crippen molar-refractivity contribution in [3.8, 4) is 5.69 Å². The number of carbonyl (C=O) groups is 1. The third-order valence-electron chi connectivity index (χ3n) is 7.77. The number of rotatable bonds is 5. The molecule has 0 aliphatic carbocycles. The van der Waals surface area contributed by atoms with Crippen molar-refractivity contribution in [3.63, 3.8) is 0 Å². The summed E-state index contributed by atoms with van der Waals surface area (Å²) in [7, 11) is 0. The summed E-state index contributed by atoms with van der Waals surface area (Å²) in [6, 6.07) is 16.8. The van der Waals surface area contributed by atoms with Gasteiger partial charge in [-0.1, -0.05) is 57.2 Å². The highest BCUT2D eigenvalue weighted by molar-refractivity contribution is 5.92. The Hall–Kier alpha value is -3.74. The second-order valence-corrected chi connectivity index (χ2v) is 11.6. The third-order valence-corrected chi connectivity index (χ3v) is 7.77. The summed E-state index contributed by atoms with van der Waals surface area (Å²) in [4.78, 5) is 15.3. The van der Waals surface area contributed by atoms with E-state index in [1.807, 2.05) is 23.7 Å². The molecule has 2 aromatic heterocycles. The molecule has 1 N–H and O–H groups in total.